The van der Waals surface area contributed by atoms with E-state index in [0.29, 0.717) is 28.0 Å². The molecule has 0 fully saturated rings. The maximum Gasteiger partial charge on any atom is 0.416 e. The van der Waals surface area contributed by atoms with Gasteiger partial charge in [-0.25, -0.2) is 0 Å². The van der Waals surface area contributed by atoms with Crippen LogP contribution in [0, 0.1) is 6.92 Å². The highest BCUT2D eigenvalue weighted by Gasteiger charge is 2.30. The molecule has 0 bridgehead atoms. The smallest absolute Gasteiger partial charge is 0.416 e. The molecule has 0 radical (unpaired) electrons. The Labute approximate surface area is 144 Å². The number of oxime groups is 1. The maximum absolute atomic E-state index is 12.8. The number of aryl methyl sites for hydroxylation is 1. The van der Waals surface area contributed by atoms with Gasteiger partial charge in [-0.3, -0.25) is 4.98 Å². The zero-order valence-electron chi connectivity index (χ0n) is 12.5. The minimum absolute atomic E-state index is 0.106. The van der Waals surface area contributed by atoms with E-state index in [0.717, 1.165) is 12.1 Å². The zero-order chi connectivity index (χ0) is 17.3. The lowest BCUT2D eigenvalue weighted by Crippen LogP contribution is -2.05. The van der Waals surface area contributed by atoms with Crippen molar-refractivity contribution in [3.05, 3.63) is 53.3 Å². The first kappa shape index (κ1) is 16.8. The second kappa shape index (κ2) is 6.43. The van der Waals surface area contributed by atoms with Gasteiger partial charge in [0.05, 0.1) is 11.3 Å². The van der Waals surface area contributed by atoms with E-state index in [1.165, 1.54) is 12.1 Å². The summed E-state index contributed by atoms with van der Waals surface area (Å²) in [4.78, 5) is 9.51. The lowest BCUT2D eigenvalue weighted by molar-refractivity contribution is -0.137. The first-order valence-corrected chi connectivity index (χ1v) is 7.82. The molecule has 126 valence electrons. The third-order valence-electron chi connectivity index (χ3n) is 3.43. The molecule has 0 amide bonds. The second-order valence-electron chi connectivity index (χ2n) is 5.27. The number of aromatic nitrogens is 1. The Hall–Kier alpha value is -2.09. The summed E-state index contributed by atoms with van der Waals surface area (Å²) in [5.41, 5.74) is 0.540. The van der Waals surface area contributed by atoms with E-state index in [2.05, 4.69) is 26.1 Å². The van der Waals surface area contributed by atoms with Gasteiger partial charge < -0.3 is 9.57 Å². The van der Waals surface area contributed by atoms with Crippen LogP contribution in [0.15, 0.2) is 41.7 Å². The Morgan fingerprint density at radius 1 is 1.29 bits per heavy atom. The van der Waals surface area contributed by atoms with Gasteiger partial charge in [-0.1, -0.05) is 11.2 Å². The van der Waals surface area contributed by atoms with E-state index in [4.69, 9.17) is 9.57 Å². The summed E-state index contributed by atoms with van der Waals surface area (Å²) in [6.45, 7) is 1.77. The molecule has 2 heterocycles. The summed E-state index contributed by atoms with van der Waals surface area (Å²) in [5.74, 6) is 0.529. The zero-order valence-corrected chi connectivity index (χ0v) is 14.1. The standard InChI is InChI=1S/C16H12BrF3N2O2/c1-9-8-21-12(14-7-15(17)22-24-14)6-13(9)23-11-4-2-3-10(5-11)16(18,19)20/h2-6,8,14H,7H2,1H3. The van der Waals surface area contributed by atoms with E-state index in [1.807, 2.05) is 0 Å². The van der Waals surface area contributed by atoms with Crippen molar-refractivity contribution in [1.29, 1.82) is 0 Å². The molecule has 3 rings (SSSR count). The fourth-order valence-corrected chi connectivity index (χ4v) is 2.55. The van der Waals surface area contributed by atoms with E-state index in [-0.39, 0.29) is 11.9 Å². The molecule has 1 aliphatic heterocycles. The normalized spacial score (nSPS) is 17.4. The molecule has 2 aromatic rings. The molecular weight excluding hydrogens is 389 g/mol. The second-order valence-corrected chi connectivity index (χ2v) is 6.18. The van der Waals surface area contributed by atoms with Gasteiger partial charge in [0.25, 0.3) is 0 Å². The van der Waals surface area contributed by atoms with Crippen LogP contribution >= 0.6 is 15.9 Å². The van der Waals surface area contributed by atoms with E-state index in [1.54, 1.807) is 19.2 Å². The lowest BCUT2D eigenvalue weighted by atomic mass is 10.1. The van der Waals surface area contributed by atoms with Gasteiger partial charge in [-0.15, -0.1) is 0 Å². The summed E-state index contributed by atoms with van der Waals surface area (Å²) >= 11 is 3.25. The number of pyridine rings is 1. The van der Waals surface area contributed by atoms with Crippen molar-refractivity contribution >= 4 is 20.6 Å². The molecule has 1 aromatic heterocycles. The average molecular weight is 401 g/mol. The number of benzene rings is 1. The average Bonchev–Trinajstić information content (AvgIpc) is 2.95. The molecule has 1 atom stereocenters. The van der Waals surface area contributed by atoms with Crippen molar-refractivity contribution in [3.8, 4) is 11.5 Å². The number of halogens is 4. The minimum atomic E-state index is -4.42. The van der Waals surface area contributed by atoms with Crippen molar-refractivity contribution < 1.29 is 22.7 Å². The largest absolute Gasteiger partial charge is 0.457 e. The Morgan fingerprint density at radius 3 is 2.75 bits per heavy atom. The van der Waals surface area contributed by atoms with Crippen LogP contribution in [0.2, 0.25) is 0 Å². The van der Waals surface area contributed by atoms with Gasteiger partial charge in [-0.2, -0.15) is 13.2 Å². The summed E-state index contributed by atoms with van der Waals surface area (Å²) in [6, 6.07) is 6.40. The molecule has 0 spiro atoms. The Balaban J connectivity index is 1.85. The van der Waals surface area contributed by atoms with Crippen molar-refractivity contribution in [2.75, 3.05) is 0 Å². The van der Waals surface area contributed by atoms with Crippen LogP contribution in [-0.2, 0) is 11.0 Å². The van der Waals surface area contributed by atoms with E-state index < -0.39 is 11.7 Å². The number of ether oxygens (including phenoxy) is 1. The molecule has 8 heteroatoms. The number of alkyl halides is 3. The SMILES string of the molecule is Cc1cnc(C2CC(Br)=NO2)cc1Oc1cccc(C(F)(F)F)c1. The number of rotatable bonds is 3. The van der Waals surface area contributed by atoms with E-state index >= 15 is 0 Å². The predicted molar refractivity (Wildman–Crippen MR) is 85.3 cm³/mol. The van der Waals surface area contributed by atoms with Crippen LogP contribution in [-0.4, -0.2) is 9.60 Å². The van der Waals surface area contributed by atoms with Crippen molar-refractivity contribution in [3.63, 3.8) is 0 Å². The predicted octanol–water partition coefficient (Wildman–Crippen LogP) is 5.37. The number of hydrogen-bond acceptors (Lipinski definition) is 4. The van der Waals surface area contributed by atoms with Gasteiger partial charge in [-0.05, 0) is 41.1 Å². The van der Waals surface area contributed by atoms with Gasteiger partial charge in [0, 0.05) is 24.2 Å². The van der Waals surface area contributed by atoms with Crippen LogP contribution in [0.4, 0.5) is 13.2 Å². The summed E-state index contributed by atoms with van der Waals surface area (Å²) in [7, 11) is 0. The number of nitrogens with zero attached hydrogens (tertiary/aromatic N) is 2. The monoisotopic (exact) mass is 400 g/mol. The molecule has 24 heavy (non-hydrogen) atoms. The summed E-state index contributed by atoms with van der Waals surface area (Å²) < 4.78 is 44.7. The fourth-order valence-electron chi connectivity index (χ4n) is 2.18. The van der Waals surface area contributed by atoms with E-state index in [9.17, 15) is 13.2 Å². The highest BCUT2D eigenvalue weighted by molar-refractivity contribution is 9.18. The van der Waals surface area contributed by atoms with Crippen LogP contribution in [0.25, 0.3) is 0 Å². The first-order chi connectivity index (χ1) is 11.3. The first-order valence-electron chi connectivity index (χ1n) is 7.03. The molecule has 1 aliphatic rings. The van der Waals surface area contributed by atoms with Crippen LogP contribution in [0.5, 0.6) is 11.5 Å². The third kappa shape index (κ3) is 3.69. The molecule has 0 N–H and O–H groups in total. The van der Waals surface area contributed by atoms with Gasteiger partial charge in [0.1, 0.15) is 16.1 Å². The topological polar surface area (TPSA) is 43.7 Å². The minimum Gasteiger partial charge on any atom is -0.457 e. The molecular formula is C16H12BrF3N2O2. The Morgan fingerprint density at radius 2 is 2.08 bits per heavy atom. The van der Waals surface area contributed by atoms with Gasteiger partial charge in [0.2, 0.25) is 0 Å². The Kier molecular flexibility index (Phi) is 4.49. The summed E-state index contributed by atoms with van der Waals surface area (Å²) in [6.07, 6.45) is -2.63. The molecule has 1 aromatic carbocycles. The van der Waals surface area contributed by atoms with Crippen molar-refractivity contribution in [1.82, 2.24) is 4.98 Å². The fraction of sp³-hybridized carbons (Fsp3) is 0.250. The molecule has 4 nitrogen and oxygen atoms in total. The molecule has 1 unspecified atom stereocenters. The van der Waals surface area contributed by atoms with Crippen LogP contribution in [0.3, 0.4) is 0 Å². The van der Waals surface area contributed by atoms with Gasteiger partial charge >= 0.3 is 6.18 Å². The quantitative estimate of drug-likeness (QED) is 0.695. The Bertz CT molecular complexity index is 793. The van der Waals surface area contributed by atoms with Gasteiger partial charge in [0.15, 0.2) is 6.10 Å². The molecule has 0 saturated carbocycles. The molecule has 0 saturated heterocycles. The summed E-state index contributed by atoms with van der Waals surface area (Å²) in [5, 5.41) is 3.80. The third-order valence-corrected chi connectivity index (χ3v) is 3.90. The van der Waals surface area contributed by atoms with Crippen molar-refractivity contribution in [2.45, 2.75) is 25.6 Å². The maximum atomic E-state index is 12.8. The lowest BCUT2D eigenvalue weighted by Gasteiger charge is -2.14. The highest BCUT2D eigenvalue weighted by atomic mass is 79.9. The highest BCUT2D eigenvalue weighted by Crippen LogP contribution is 2.35. The molecule has 0 aliphatic carbocycles. The van der Waals surface area contributed by atoms with Crippen LogP contribution < -0.4 is 4.74 Å². The number of hydrogen-bond donors (Lipinski definition) is 0. The van der Waals surface area contributed by atoms with Crippen molar-refractivity contribution in [2.24, 2.45) is 5.16 Å². The van der Waals surface area contributed by atoms with Crippen LogP contribution in [0.1, 0.15) is 29.3 Å².